The standard InChI is InChI=1S/C21H26N6O4S2/c1-15-8-9-16(13-18(15)33(29,30)26-10-4-2-3-5-11-26)23-19(28)14-32-21-25-24-20(27(21)22)17-7-6-12-31-17/h6-9,12-13H,2-5,10-11,14,22H2,1H3,(H,23,28). The van der Waals surface area contributed by atoms with Crippen LogP contribution in [0.5, 0.6) is 0 Å². The predicted molar refractivity (Wildman–Crippen MR) is 126 cm³/mol. The number of nitrogen functional groups attached to an aromatic ring is 1. The van der Waals surface area contributed by atoms with E-state index in [4.69, 9.17) is 10.3 Å². The number of benzene rings is 1. The second kappa shape index (κ2) is 9.98. The maximum atomic E-state index is 13.2. The van der Waals surface area contributed by atoms with Crippen molar-refractivity contribution in [1.82, 2.24) is 19.2 Å². The minimum absolute atomic E-state index is 0.0234. The average Bonchev–Trinajstić information content (AvgIpc) is 3.34. The summed E-state index contributed by atoms with van der Waals surface area (Å²) in [6.45, 7) is 2.81. The van der Waals surface area contributed by atoms with Gasteiger partial charge in [-0.1, -0.05) is 30.7 Å². The first-order chi connectivity index (χ1) is 15.9. The van der Waals surface area contributed by atoms with Crippen LogP contribution in [-0.2, 0) is 14.8 Å². The topological polar surface area (TPSA) is 136 Å². The fourth-order valence-electron chi connectivity index (χ4n) is 3.65. The molecular weight excluding hydrogens is 464 g/mol. The highest BCUT2D eigenvalue weighted by Crippen LogP contribution is 2.26. The molecule has 10 nitrogen and oxygen atoms in total. The van der Waals surface area contributed by atoms with Crippen LogP contribution in [0.2, 0.25) is 0 Å². The zero-order valence-corrected chi connectivity index (χ0v) is 19.9. The number of furan rings is 1. The number of carbonyl (C=O) groups is 1. The number of nitrogens with zero attached hydrogens (tertiary/aromatic N) is 4. The third-order valence-electron chi connectivity index (χ3n) is 5.39. The molecule has 0 spiro atoms. The highest BCUT2D eigenvalue weighted by atomic mass is 32.2. The Morgan fingerprint density at radius 3 is 2.64 bits per heavy atom. The molecule has 1 aliphatic heterocycles. The van der Waals surface area contributed by atoms with Gasteiger partial charge in [0.2, 0.25) is 26.9 Å². The number of aryl methyl sites for hydroxylation is 1. The third-order valence-corrected chi connectivity index (χ3v) is 8.38. The summed E-state index contributed by atoms with van der Waals surface area (Å²) in [5.74, 6) is 6.54. The van der Waals surface area contributed by atoms with Crippen molar-refractivity contribution in [3.05, 3.63) is 42.2 Å². The van der Waals surface area contributed by atoms with Gasteiger partial charge in [-0.25, -0.2) is 13.1 Å². The van der Waals surface area contributed by atoms with E-state index in [0.717, 1.165) is 37.4 Å². The van der Waals surface area contributed by atoms with Crippen LogP contribution in [0.3, 0.4) is 0 Å². The number of nitrogens with two attached hydrogens (primary N) is 1. The number of nitrogens with one attached hydrogen (secondary N) is 1. The smallest absolute Gasteiger partial charge is 0.243 e. The first-order valence-corrected chi connectivity index (χ1v) is 13.1. The maximum Gasteiger partial charge on any atom is 0.243 e. The highest BCUT2D eigenvalue weighted by molar-refractivity contribution is 7.99. The minimum atomic E-state index is -3.62. The van der Waals surface area contributed by atoms with Gasteiger partial charge in [0.1, 0.15) is 0 Å². The summed E-state index contributed by atoms with van der Waals surface area (Å²) in [7, 11) is -3.62. The van der Waals surface area contributed by atoms with E-state index in [-0.39, 0.29) is 16.6 Å². The Kier molecular flexibility index (Phi) is 7.05. The summed E-state index contributed by atoms with van der Waals surface area (Å²) in [6.07, 6.45) is 5.31. The Hall–Kier alpha value is -2.83. The Morgan fingerprint density at radius 2 is 1.94 bits per heavy atom. The lowest BCUT2D eigenvalue weighted by atomic mass is 10.2. The average molecular weight is 491 g/mol. The first kappa shape index (κ1) is 23.3. The molecule has 0 saturated carbocycles. The number of anilines is 1. The zero-order valence-electron chi connectivity index (χ0n) is 18.2. The van der Waals surface area contributed by atoms with E-state index in [0.29, 0.717) is 41.1 Å². The van der Waals surface area contributed by atoms with E-state index in [1.165, 1.54) is 17.0 Å². The number of sulfonamides is 1. The molecule has 1 aromatic carbocycles. The molecule has 3 heterocycles. The highest BCUT2D eigenvalue weighted by Gasteiger charge is 2.27. The van der Waals surface area contributed by atoms with Crippen molar-refractivity contribution in [2.45, 2.75) is 42.7 Å². The molecule has 33 heavy (non-hydrogen) atoms. The number of aromatic nitrogens is 3. The summed E-state index contributed by atoms with van der Waals surface area (Å²) in [4.78, 5) is 12.7. The molecule has 0 unspecified atom stereocenters. The third kappa shape index (κ3) is 5.23. The SMILES string of the molecule is Cc1ccc(NC(=O)CSc2nnc(-c3ccco3)n2N)cc1S(=O)(=O)N1CCCCCC1. The molecule has 0 bridgehead atoms. The van der Waals surface area contributed by atoms with E-state index < -0.39 is 10.0 Å². The summed E-state index contributed by atoms with van der Waals surface area (Å²) in [6, 6.07) is 8.36. The Labute approximate surface area is 196 Å². The fraction of sp³-hybridized carbons (Fsp3) is 0.381. The molecule has 1 aliphatic rings. The molecule has 3 aromatic rings. The Bertz CT molecular complexity index is 1220. The minimum Gasteiger partial charge on any atom is -0.461 e. The van der Waals surface area contributed by atoms with Crippen molar-refractivity contribution in [1.29, 1.82) is 0 Å². The van der Waals surface area contributed by atoms with Crippen LogP contribution < -0.4 is 11.2 Å². The second-order valence-corrected chi connectivity index (χ2v) is 10.6. The van der Waals surface area contributed by atoms with Gasteiger partial charge in [0.25, 0.3) is 0 Å². The summed E-state index contributed by atoms with van der Waals surface area (Å²) >= 11 is 1.11. The largest absolute Gasteiger partial charge is 0.461 e. The number of amides is 1. The Morgan fingerprint density at radius 1 is 1.18 bits per heavy atom. The molecule has 176 valence electrons. The molecule has 0 radical (unpaired) electrons. The van der Waals surface area contributed by atoms with E-state index in [9.17, 15) is 13.2 Å². The van der Waals surface area contributed by atoms with Crippen molar-refractivity contribution in [3.63, 3.8) is 0 Å². The van der Waals surface area contributed by atoms with Gasteiger partial charge in [-0.3, -0.25) is 4.79 Å². The van der Waals surface area contributed by atoms with Crippen LogP contribution in [0.25, 0.3) is 11.6 Å². The molecule has 4 rings (SSSR count). The maximum absolute atomic E-state index is 13.2. The van der Waals surface area contributed by atoms with Crippen molar-refractivity contribution in [2.24, 2.45) is 0 Å². The van der Waals surface area contributed by atoms with Gasteiger partial charge in [0.15, 0.2) is 5.76 Å². The van der Waals surface area contributed by atoms with Crippen LogP contribution in [0.4, 0.5) is 5.69 Å². The van der Waals surface area contributed by atoms with E-state index >= 15 is 0 Å². The molecule has 1 saturated heterocycles. The van der Waals surface area contributed by atoms with Crippen LogP contribution >= 0.6 is 11.8 Å². The van der Waals surface area contributed by atoms with E-state index in [1.807, 2.05) is 0 Å². The van der Waals surface area contributed by atoms with Gasteiger partial charge in [-0.05, 0) is 49.6 Å². The lowest BCUT2D eigenvalue weighted by Crippen LogP contribution is -2.32. The van der Waals surface area contributed by atoms with E-state index in [2.05, 4.69) is 15.5 Å². The number of hydrogen-bond donors (Lipinski definition) is 2. The van der Waals surface area contributed by atoms with Gasteiger partial charge in [-0.15, -0.1) is 10.2 Å². The molecular formula is C21H26N6O4S2. The number of thioether (sulfide) groups is 1. The first-order valence-electron chi connectivity index (χ1n) is 10.6. The fourth-order valence-corrected chi connectivity index (χ4v) is 6.08. The van der Waals surface area contributed by atoms with Gasteiger partial charge < -0.3 is 15.6 Å². The van der Waals surface area contributed by atoms with Gasteiger partial charge >= 0.3 is 0 Å². The van der Waals surface area contributed by atoms with E-state index in [1.54, 1.807) is 35.5 Å². The van der Waals surface area contributed by atoms with Crippen molar-refractivity contribution < 1.29 is 17.6 Å². The molecule has 0 atom stereocenters. The molecule has 1 amide bonds. The zero-order chi connectivity index (χ0) is 23.4. The van der Waals surface area contributed by atoms with Gasteiger partial charge in [-0.2, -0.15) is 4.31 Å². The Balaban J connectivity index is 1.43. The van der Waals surface area contributed by atoms with Crippen molar-refractivity contribution >= 4 is 33.4 Å². The van der Waals surface area contributed by atoms with Gasteiger partial charge in [0.05, 0.1) is 16.9 Å². The van der Waals surface area contributed by atoms with Crippen LogP contribution in [-0.4, -0.2) is 52.3 Å². The van der Waals surface area contributed by atoms with Crippen molar-refractivity contribution in [2.75, 3.05) is 30.0 Å². The van der Waals surface area contributed by atoms with Crippen molar-refractivity contribution in [3.8, 4) is 11.6 Å². The quantitative estimate of drug-likeness (QED) is 0.381. The molecule has 1 fully saturated rings. The van der Waals surface area contributed by atoms with Gasteiger partial charge in [0, 0.05) is 18.8 Å². The second-order valence-electron chi connectivity index (χ2n) is 7.79. The summed E-state index contributed by atoms with van der Waals surface area (Å²) in [5, 5.41) is 11.1. The number of hydrogen-bond acceptors (Lipinski definition) is 8. The van der Waals surface area contributed by atoms with Crippen LogP contribution in [0, 0.1) is 6.92 Å². The van der Waals surface area contributed by atoms with Crippen LogP contribution in [0.15, 0.2) is 51.1 Å². The normalized spacial score (nSPS) is 15.3. The van der Waals surface area contributed by atoms with Crippen LogP contribution in [0.1, 0.15) is 31.2 Å². The molecule has 0 aliphatic carbocycles. The molecule has 2 aromatic heterocycles. The molecule has 12 heteroatoms. The number of carbonyl (C=O) groups excluding carboxylic acids is 1. The molecule has 3 N–H and O–H groups in total. The number of rotatable bonds is 7. The lowest BCUT2D eigenvalue weighted by Gasteiger charge is -2.21. The monoisotopic (exact) mass is 490 g/mol. The summed E-state index contributed by atoms with van der Waals surface area (Å²) in [5.41, 5.74) is 1.07. The predicted octanol–water partition coefficient (Wildman–Crippen LogP) is 2.86. The lowest BCUT2D eigenvalue weighted by molar-refractivity contribution is -0.113. The summed E-state index contributed by atoms with van der Waals surface area (Å²) < 4.78 is 34.5.